The van der Waals surface area contributed by atoms with Crippen LogP contribution in [0.5, 0.6) is 0 Å². The molecular weight excluding hydrogens is 236 g/mol. The summed E-state index contributed by atoms with van der Waals surface area (Å²) in [4.78, 5) is 16.3. The van der Waals surface area contributed by atoms with Gasteiger partial charge < -0.3 is 4.40 Å². The molecule has 3 rings (SSSR count). The largest absolute Gasteiger partial charge is 0.306 e. The number of ketones is 1. The molecule has 0 bridgehead atoms. The Bertz CT molecular complexity index is 729. The van der Waals surface area contributed by atoms with Gasteiger partial charge in [0, 0.05) is 29.9 Å². The molecule has 94 valence electrons. The zero-order valence-electron chi connectivity index (χ0n) is 10.7. The molecule has 0 spiro atoms. The fourth-order valence-electron chi connectivity index (χ4n) is 2.11. The van der Waals surface area contributed by atoms with Crippen molar-refractivity contribution < 1.29 is 4.79 Å². The molecule has 0 fully saturated rings. The van der Waals surface area contributed by atoms with E-state index in [1.165, 1.54) is 0 Å². The Kier molecular flexibility index (Phi) is 2.88. The number of Topliss-reactive ketones (excluding diaryl/α,β-unsaturated/α-hetero) is 1. The summed E-state index contributed by atoms with van der Waals surface area (Å²) in [7, 11) is 0. The first kappa shape index (κ1) is 11.7. The molecule has 1 aromatic carbocycles. The predicted molar refractivity (Wildman–Crippen MR) is 75.2 cm³/mol. The first-order valence-electron chi connectivity index (χ1n) is 6.35. The first-order chi connectivity index (χ1) is 9.28. The third-order valence-corrected chi connectivity index (χ3v) is 3.16. The van der Waals surface area contributed by atoms with Crippen molar-refractivity contribution >= 4 is 11.4 Å². The molecule has 3 aromatic rings. The number of benzene rings is 1. The molecule has 0 N–H and O–H groups in total. The number of hydrogen-bond donors (Lipinski definition) is 0. The topological polar surface area (TPSA) is 34.4 Å². The number of hydrogen-bond acceptors (Lipinski definition) is 2. The van der Waals surface area contributed by atoms with Crippen LogP contribution in [-0.2, 0) is 0 Å². The normalized spacial score (nSPS) is 10.8. The van der Waals surface area contributed by atoms with Gasteiger partial charge >= 0.3 is 0 Å². The maximum absolute atomic E-state index is 11.7. The lowest BCUT2D eigenvalue weighted by atomic mass is 10.1. The fraction of sp³-hybridized carbons (Fsp3) is 0.125. The van der Waals surface area contributed by atoms with Crippen LogP contribution in [0.3, 0.4) is 0 Å². The van der Waals surface area contributed by atoms with E-state index < -0.39 is 0 Å². The minimum Gasteiger partial charge on any atom is -0.306 e. The van der Waals surface area contributed by atoms with Crippen LogP contribution in [0, 0.1) is 0 Å². The third kappa shape index (κ3) is 2.15. The average molecular weight is 250 g/mol. The van der Waals surface area contributed by atoms with Gasteiger partial charge in [-0.3, -0.25) is 4.79 Å². The van der Waals surface area contributed by atoms with Gasteiger partial charge in [-0.25, -0.2) is 4.98 Å². The lowest BCUT2D eigenvalue weighted by molar-refractivity contribution is 0.0987. The van der Waals surface area contributed by atoms with Crippen LogP contribution in [0.1, 0.15) is 23.7 Å². The zero-order valence-corrected chi connectivity index (χ0v) is 10.7. The highest BCUT2D eigenvalue weighted by Gasteiger charge is 2.07. The quantitative estimate of drug-likeness (QED) is 0.666. The van der Waals surface area contributed by atoms with E-state index >= 15 is 0 Å². The Morgan fingerprint density at radius 3 is 2.63 bits per heavy atom. The number of aromatic nitrogens is 2. The van der Waals surface area contributed by atoms with Gasteiger partial charge in [0.15, 0.2) is 5.78 Å². The molecule has 0 atom stereocenters. The predicted octanol–water partition coefficient (Wildman–Crippen LogP) is 3.59. The molecule has 0 aliphatic rings. The first-order valence-corrected chi connectivity index (χ1v) is 6.35. The number of nitrogens with zero attached hydrogens (tertiary/aromatic N) is 2. The highest BCUT2D eigenvalue weighted by molar-refractivity contribution is 5.95. The van der Waals surface area contributed by atoms with Crippen LogP contribution >= 0.6 is 0 Å². The summed E-state index contributed by atoms with van der Waals surface area (Å²) in [6.45, 7) is 1.87. The molecule has 0 aliphatic carbocycles. The van der Waals surface area contributed by atoms with Crippen LogP contribution in [-0.4, -0.2) is 15.2 Å². The Morgan fingerprint density at radius 2 is 1.89 bits per heavy atom. The van der Waals surface area contributed by atoms with E-state index in [4.69, 9.17) is 0 Å². The summed E-state index contributed by atoms with van der Waals surface area (Å²) in [5, 5.41) is 0. The van der Waals surface area contributed by atoms with Crippen LogP contribution < -0.4 is 0 Å². The summed E-state index contributed by atoms with van der Waals surface area (Å²) in [5.74, 6) is 0.150. The standard InChI is InChI=1S/C16H14N2O/c1-2-15(19)13-8-9-16-17-14(11-18(16)10-13)12-6-4-3-5-7-12/h3-11H,2H2,1H3. The average Bonchev–Trinajstić information content (AvgIpc) is 2.90. The van der Waals surface area contributed by atoms with Gasteiger partial charge in [-0.1, -0.05) is 37.3 Å². The minimum absolute atomic E-state index is 0.150. The van der Waals surface area contributed by atoms with Gasteiger partial charge in [0.25, 0.3) is 0 Å². The number of imidazole rings is 1. The van der Waals surface area contributed by atoms with Crippen molar-refractivity contribution in [2.24, 2.45) is 0 Å². The number of rotatable bonds is 3. The van der Waals surface area contributed by atoms with Crippen LogP contribution in [0.25, 0.3) is 16.9 Å². The molecule has 2 aromatic heterocycles. The molecule has 3 heteroatoms. The summed E-state index contributed by atoms with van der Waals surface area (Å²) in [6.07, 6.45) is 4.32. The molecule has 2 heterocycles. The van der Waals surface area contributed by atoms with Gasteiger partial charge in [0.05, 0.1) is 5.69 Å². The second kappa shape index (κ2) is 4.69. The Balaban J connectivity index is 2.09. The molecule has 0 radical (unpaired) electrons. The van der Waals surface area contributed by atoms with E-state index in [9.17, 15) is 4.79 Å². The highest BCUT2D eigenvalue weighted by Crippen LogP contribution is 2.19. The van der Waals surface area contributed by atoms with Crippen molar-refractivity contribution in [1.82, 2.24) is 9.38 Å². The Labute approximate surface area is 111 Å². The third-order valence-electron chi connectivity index (χ3n) is 3.16. The van der Waals surface area contributed by atoms with E-state index in [2.05, 4.69) is 4.98 Å². The van der Waals surface area contributed by atoms with E-state index in [1.54, 1.807) is 0 Å². The Morgan fingerprint density at radius 1 is 1.11 bits per heavy atom. The van der Waals surface area contributed by atoms with Gasteiger partial charge in [-0.05, 0) is 12.1 Å². The van der Waals surface area contributed by atoms with Crippen molar-refractivity contribution in [2.75, 3.05) is 0 Å². The molecule has 3 nitrogen and oxygen atoms in total. The molecule has 0 saturated heterocycles. The van der Waals surface area contributed by atoms with Gasteiger partial charge in [-0.15, -0.1) is 0 Å². The van der Waals surface area contributed by atoms with E-state index in [1.807, 2.05) is 66.2 Å². The summed E-state index contributed by atoms with van der Waals surface area (Å²) in [6, 6.07) is 13.7. The maximum Gasteiger partial charge on any atom is 0.164 e. The number of carbonyl (C=O) groups is 1. The monoisotopic (exact) mass is 250 g/mol. The summed E-state index contributed by atoms with van der Waals surface area (Å²) < 4.78 is 1.91. The maximum atomic E-state index is 11.7. The molecule has 19 heavy (non-hydrogen) atoms. The number of fused-ring (bicyclic) bond motifs is 1. The SMILES string of the molecule is CCC(=O)c1ccc2nc(-c3ccccc3)cn2c1. The van der Waals surface area contributed by atoms with Crippen molar-refractivity contribution in [1.29, 1.82) is 0 Å². The second-order valence-corrected chi connectivity index (χ2v) is 4.45. The number of pyridine rings is 1. The van der Waals surface area contributed by atoms with Crippen molar-refractivity contribution in [3.05, 3.63) is 60.4 Å². The minimum atomic E-state index is 0.150. The molecule has 0 unspecified atom stereocenters. The smallest absolute Gasteiger partial charge is 0.164 e. The summed E-state index contributed by atoms with van der Waals surface area (Å²) in [5.41, 5.74) is 3.58. The van der Waals surface area contributed by atoms with E-state index in [0.717, 1.165) is 22.5 Å². The molecule has 0 saturated carbocycles. The van der Waals surface area contributed by atoms with Crippen LogP contribution in [0.2, 0.25) is 0 Å². The van der Waals surface area contributed by atoms with Gasteiger partial charge in [0.1, 0.15) is 5.65 Å². The lowest BCUT2D eigenvalue weighted by Crippen LogP contribution is -1.98. The van der Waals surface area contributed by atoms with Crippen molar-refractivity contribution in [2.45, 2.75) is 13.3 Å². The second-order valence-electron chi connectivity index (χ2n) is 4.45. The molecular formula is C16H14N2O. The molecule has 0 aliphatic heterocycles. The lowest BCUT2D eigenvalue weighted by Gasteiger charge is -1.98. The highest BCUT2D eigenvalue weighted by atomic mass is 16.1. The number of carbonyl (C=O) groups excluding carboxylic acids is 1. The Hall–Kier alpha value is -2.42. The fourth-order valence-corrected chi connectivity index (χ4v) is 2.11. The van der Waals surface area contributed by atoms with E-state index in [-0.39, 0.29) is 5.78 Å². The zero-order chi connectivity index (χ0) is 13.2. The van der Waals surface area contributed by atoms with Crippen molar-refractivity contribution in [3.63, 3.8) is 0 Å². The summed E-state index contributed by atoms with van der Waals surface area (Å²) >= 11 is 0. The van der Waals surface area contributed by atoms with Gasteiger partial charge in [-0.2, -0.15) is 0 Å². The van der Waals surface area contributed by atoms with Crippen LogP contribution in [0.4, 0.5) is 0 Å². The van der Waals surface area contributed by atoms with Crippen molar-refractivity contribution in [3.8, 4) is 11.3 Å². The van der Waals surface area contributed by atoms with Crippen LogP contribution in [0.15, 0.2) is 54.9 Å². The molecule has 0 amide bonds. The van der Waals surface area contributed by atoms with Gasteiger partial charge in [0.2, 0.25) is 0 Å². The van der Waals surface area contributed by atoms with E-state index in [0.29, 0.717) is 6.42 Å².